The minimum absolute atomic E-state index is 0.978. The molecule has 0 aromatic rings. The zero-order valence-electron chi connectivity index (χ0n) is 9.34. The quantitative estimate of drug-likeness (QED) is 0.210. The van der Waals surface area contributed by atoms with Crippen LogP contribution in [0.3, 0.4) is 0 Å². The van der Waals surface area contributed by atoms with Gasteiger partial charge in [0, 0.05) is 0 Å². The number of phosphoric ester groups is 1. The molecule has 11 nitrogen and oxygen atoms in total. The standard InChI is InChI=1S/C7H15O11P/c8-1-2(9)3(10)4(11)5(12)6(13)7(14)18-19(15,16)17/h2-6,8-13H,1H2,(H2,15,16,17)/t2-,3+,4+,5-,6-/m0/s1. The van der Waals surface area contributed by atoms with E-state index in [9.17, 15) is 24.7 Å². The predicted octanol–water partition coefficient (Wildman–Crippen LogP) is -4.58. The molecule has 5 atom stereocenters. The maximum atomic E-state index is 10.9. The van der Waals surface area contributed by atoms with Gasteiger partial charge in [0.1, 0.15) is 24.4 Å². The van der Waals surface area contributed by atoms with Crippen LogP contribution >= 0.6 is 7.82 Å². The van der Waals surface area contributed by atoms with Crippen molar-refractivity contribution in [2.45, 2.75) is 30.5 Å². The fourth-order valence-electron chi connectivity index (χ4n) is 1.04. The minimum Gasteiger partial charge on any atom is -0.394 e. The number of aliphatic hydroxyl groups excluding tert-OH is 6. The fraction of sp³-hybridized carbons (Fsp3) is 0.857. The highest BCUT2D eigenvalue weighted by Crippen LogP contribution is 2.36. The molecule has 12 heteroatoms. The molecule has 19 heavy (non-hydrogen) atoms. The summed E-state index contributed by atoms with van der Waals surface area (Å²) in [6.45, 7) is -0.978. The molecule has 0 bridgehead atoms. The zero-order chi connectivity index (χ0) is 15.4. The largest absolute Gasteiger partial charge is 0.527 e. The molecule has 0 aliphatic carbocycles. The van der Waals surface area contributed by atoms with Crippen LogP contribution < -0.4 is 0 Å². The van der Waals surface area contributed by atoms with E-state index in [4.69, 9.17) is 25.1 Å². The molecule has 0 fully saturated rings. The van der Waals surface area contributed by atoms with Crippen LogP contribution in [0.25, 0.3) is 0 Å². The Morgan fingerprint density at radius 2 is 1.47 bits per heavy atom. The summed E-state index contributed by atoms with van der Waals surface area (Å²) in [7, 11) is -5.25. The Morgan fingerprint density at radius 1 is 1.00 bits per heavy atom. The van der Waals surface area contributed by atoms with Crippen molar-refractivity contribution in [3.8, 4) is 0 Å². The Kier molecular flexibility index (Phi) is 7.00. The second-order valence-electron chi connectivity index (χ2n) is 3.57. The minimum atomic E-state index is -5.25. The number of rotatable bonds is 7. The fourth-order valence-corrected chi connectivity index (χ4v) is 1.38. The van der Waals surface area contributed by atoms with E-state index in [2.05, 4.69) is 4.52 Å². The monoisotopic (exact) mass is 306 g/mol. The Morgan fingerprint density at radius 3 is 1.84 bits per heavy atom. The van der Waals surface area contributed by atoms with Crippen molar-refractivity contribution in [3.63, 3.8) is 0 Å². The number of aliphatic hydroxyl groups is 6. The average Bonchev–Trinajstić information content (AvgIpc) is 2.31. The first kappa shape index (κ1) is 18.4. The summed E-state index contributed by atoms with van der Waals surface area (Å²) in [5.41, 5.74) is 0. The van der Waals surface area contributed by atoms with Crippen LogP contribution in [0, 0.1) is 0 Å². The number of hydrogen-bond donors (Lipinski definition) is 8. The molecule has 0 aromatic heterocycles. The lowest BCUT2D eigenvalue weighted by atomic mass is 9.99. The molecule has 0 rings (SSSR count). The Labute approximate surface area is 106 Å². The molecule has 8 N–H and O–H groups in total. The first-order valence-corrected chi connectivity index (χ1v) is 6.34. The smallest absolute Gasteiger partial charge is 0.394 e. The van der Waals surface area contributed by atoms with Crippen LogP contribution in [0.1, 0.15) is 0 Å². The highest BCUT2D eigenvalue weighted by atomic mass is 31.2. The van der Waals surface area contributed by atoms with E-state index in [1.54, 1.807) is 0 Å². The summed E-state index contributed by atoms with van der Waals surface area (Å²) in [6.07, 6.45) is -11.2. The normalized spacial score (nSPS) is 20.2. The van der Waals surface area contributed by atoms with Gasteiger partial charge >= 0.3 is 13.8 Å². The predicted molar refractivity (Wildman–Crippen MR) is 55.3 cm³/mol. The van der Waals surface area contributed by atoms with Crippen LogP contribution in [0.4, 0.5) is 0 Å². The van der Waals surface area contributed by atoms with E-state index in [1.807, 2.05) is 0 Å². The Balaban J connectivity index is 4.67. The SMILES string of the molecule is O=C(OP(=O)(O)O)[C@@H](O)[C@@H](O)[C@H](O)[C@H](O)[C@@H](O)CO. The second kappa shape index (κ2) is 7.24. The Hall–Kier alpha value is -0.620. The zero-order valence-corrected chi connectivity index (χ0v) is 10.2. The highest BCUT2D eigenvalue weighted by Gasteiger charge is 2.39. The molecule has 0 unspecified atom stereocenters. The maximum Gasteiger partial charge on any atom is 0.527 e. The van der Waals surface area contributed by atoms with Crippen molar-refractivity contribution >= 4 is 13.8 Å². The molecule has 0 saturated heterocycles. The van der Waals surface area contributed by atoms with Gasteiger partial charge in [-0.2, -0.15) is 0 Å². The number of carbonyl (C=O) groups excluding carboxylic acids is 1. The van der Waals surface area contributed by atoms with Crippen molar-refractivity contribution in [2.75, 3.05) is 6.61 Å². The van der Waals surface area contributed by atoms with Gasteiger partial charge in [-0.25, -0.2) is 9.36 Å². The van der Waals surface area contributed by atoms with Crippen molar-refractivity contribution in [3.05, 3.63) is 0 Å². The molecule has 0 amide bonds. The van der Waals surface area contributed by atoms with Gasteiger partial charge < -0.3 is 35.2 Å². The van der Waals surface area contributed by atoms with Gasteiger partial charge in [-0.15, -0.1) is 0 Å². The van der Waals surface area contributed by atoms with E-state index >= 15 is 0 Å². The van der Waals surface area contributed by atoms with Gasteiger partial charge in [-0.1, -0.05) is 0 Å². The topological polar surface area (TPSA) is 205 Å². The molecule has 0 spiro atoms. The van der Waals surface area contributed by atoms with Crippen molar-refractivity contribution < 1.29 is 54.3 Å². The van der Waals surface area contributed by atoms with Crippen LogP contribution in [0.15, 0.2) is 0 Å². The summed E-state index contributed by atoms with van der Waals surface area (Å²) in [4.78, 5) is 27.5. The highest BCUT2D eigenvalue weighted by molar-refractivity contribution is 7.46. The molecule has 0 heterocycles. The number of carbonyl (C=O) groups is 1. The first-order valence-electron chi connectivity index (χ1n) is 4.81. The molecule has 0 radical (unpaired) electrons. The third-order valence-corrected chi connectivity index (χ3v) is 2.47. The summed E-state index contributed by atoms with van der Waals surface area (Å²) in [5, 5.41) is 54.3. The molecule has 0 aliphatic heterocycles. The lowest BCUT2D eigenvalue weighted by Crippen LogP contribution is -2.52. The van der Waals surface area contributed by atoms with Crippen molar-refractivity contribution in [1.82, 2.24) is 0 Å². The molecule has 0 saturated carbocycles. The molecule has 114 valence electrons. The van der Waals surface area contributed by atoms with Crippen LogP contribution in [-0.2, 0) is 13.9 Å². The maximum absolute atomic E-state index is 10.9. The lowest BCUT2D eigenvalue weighted by molar-refractivity contribution is -0.168. The Bertz CT molecular complexity index is 340. The van der Waals surface area contributed by atoms with E-state index in [0.29, 0.717) is 0 Å². The summed E-state index contributed by atoms with van der Waals surface area (Å²) in [6, 6.07) is 0. The average molecular weight is 306 g/mol. The summed E-state index contributed by atoms with van der Waals surface area (Å²) >= 11 is 0. The van der Waals surface area contributed by atoms with Gasteiger partial charge in [-0.3, -0.25) is 9.79 Å². The lowest BCUT2D eigenvalue weighted by Gasteiger charge is -2.27. The van der Waals surface area contributed by atoms with Crippen molar-refractivity contribution in [2.24, 2.45) is 0 Å². The summed E-state index contributed by atoms with van der Waals surface area (Å²) < 4.78 is 13.8. The van der Waals surface area contributed by atoms with E-state index in [-0.39, 0.29) is 0 Å². The summed E-state index contributed by atoms with van der Waals surface area (Å²) in [5.74, 6) is -1.94. The van der Waals surface area contributed by atoms with Gasteiger partial charge in [0.05, 0.1) is 6.61 Å². The van der Waals surface area contributed by atoms with Gasteiger partial charge in [-0.05, 0) is 0 Å². The van der Waals surface area contributed by atoms with Gasteiger partial charge in [0.15, 0.2) is 6.10 Å². The number of hydrogen-bond acceptors (Lipinski definition) is 9. The van der Waals surface area contributed by atoms with Crippen LogP contribution in [-0.4, -0.2) is 83.5 Å². The molecular formula is C7H15O11P. The van der Waals surface area contributed by atoms with Gasteiger partial charge in [0.2, 0.25) is 0 Å². The second-order valence-corrected chi connectivity index (χ2v) is 4.73. The molecular weight excluding hydrogens is 291 g/mol. The third kappa shape index (κ3) is 5.91. The molecule has 0 aromatic carbocycles. The van der Waals surface area contributed by atoms with Crippen LogP contribution in [0.2, 0.25) is 0 Å². The first-order chi connectivity index (χ1) is 8.51. The van der Waals surface area contributed by atoms with Crippen molar-refractivity contribution in [1.29, 1.82) is 0 Å². The molecule has 0 aliphatic rings. The van der Waals surface area contributed by atoms with E-state index in [0.717, 1.165) is 0 Å². The van der Waals surface area contributed by atoms with E-state index < -0.39 is 50.9 Å². The van der Waals surface area contributed by atoms with Crippen LogP contribution in [0.5, 0.6) is 0 Å². The van der Waals surface area contributed by atoms with E-state index in [1.165, 1.54) is 0 Å². The number of phosphoric acid groups is 1. The van der Waals surface area contributed by atoms with Gasteiger partial charge in [0.25, 0.3) is 0 Å². The third-order valence-electron chi connectivity index (χ3n) is 2.05.